The summed E-state index contributed by atoms with van der Waals surface area (Å²) in [6.07, 6.45) is 0.961. The highest BCUT2D eigenvalue weighted by molar-refractivity contribution is 7.99. The van der Waals surface area contributed by atoms with E-state index >= 15 is 4.39 Å². The molecular formula is C33H49F6NO2S. The van der Waals surface area contributed by atoms with Crippen LogP contribution in [0.15, 0.2) is 18.2 Å². The molecule has 1 aromatic rings. The van der Waals surface area contributed by atoms with Crippen LogP contribution in [0.1, 0.15) is 94.6 Å². The van der Waals surface area contributed by atoms with Crippen LogP contribution in [-0.2, 0) is 6.42 Å². The standard InChI is InChI=1S/C33H49F6NO2S/c1-31-21-27(34)30-25-11-10-24(41)20-23(25)19-22(29(30)26(31)12-13-28(31)42)9-5-3-4-6-15-40(2)16-8-18-43-17-7-14-32(35,36)33(37,38)39/h10-11,20,22,26-30,41-42H,3-9,12-19,21H2,1-2H3/t22-,26+,27+,28?,29+,30+,31+/m1/s1. The molecule has 2 saturated carbocycles. The average molecular weight is 638 g/mol. The van der Waals surface area contributed by atoms with Gasteiger partial charge >= 0.3 is 12.1 Å². The van der Waals surface area contributed by atoms with Crippen molar-refractivity contribution in [1.82, 2.24) is 4.90 Å². The van der Waals surface area contributed by atoms with E-state index in [0.29, 0.717) is 24.0 Å². The minimum absolute atomic E-state index is 0.152. The number of aliphatic hydroxyl groups is 1. The van der Waals surface area contributed by atoms with E-state index in [0.717, 1.165) is 87.8 Å². The lowest BCUT2D eigenvalue weighted by Crippen LogP contribution is -2.51. The Labute approximate surface area is 257 Å². The van der Waals surface area contributed by atoms with E-state index in [2.05, 4.69) is 11.8 Å². The van der Waals surface area contributed by atoms with Crippen molar-refractivity contribution in [3.05, 3.63) is 29.3 Å². The largest absolute Gasteiger partial charge is 0.508 e. The number of phenols is 1. The van der Waals surface area contributed by atoms with Gasteiger partial charge in [0, 0.05) is 12.3 Å². The first-order valence-corrected chi connectivity index (χ1v) is 17.2. The third kappa shape index (κ3) is 8.18. The molecular weight excluding hydrogens is 588 g/mol. The van der Waals surface area contributed by atoms with Crippen molar-refractivity contribution in [1.29, 1.82) is 0 Å². The first kappa shape index (κ1) is 34.7. The van der Waals surface area contributed by atoms with Crippen LogP contribution in [0.4, 0.5) is 26.3 Å². The summed E-state index contributed by atoms with van der Waals surface area (Å²) in [6, 6.07) is 5.43. The Bertz CT molecular complexity index is 1040. The third-order valence-electron chi connectivity index (χ3n) is 10.7. The van der Waals surface area contributed by atoms with Crippen molar-refractivity contribution in [2.45, 2.75) is 114 Å². The Morgan fingerprint density at radius 3 is 2.42 bits per heavy atom. The summed E-state index contributed by atoms with van der Waals surface area (Å²) < 4.78 is 78.5. The highest BCUT2D eigenvalue weighted by Gasteiger charge is 2.60. The molecule has 10 heteroatoms. The number of thioether (sulfide) groups is 1. The summed E-state index contributed by atoms with van der Waals surface area (Å²) in [5.41, 5.74) is 1.77. The van der Waals surface area contributed by atoms with Crippen LogP contribution in [0, 0.1) is 23.2 Å². The van der Waals surface area contributed by atoms with Gasteiger partial charge in [0.2, 0.25) is 0 Å². The van der Waals surface area contributed by atoms with Crippen molar-refractivity contribution in [3.8, 4) is 5.75 Å². The molecule has 3 nitrogen and oxygen atoms in total. The molecule has 7 atom stereocenters. The number of hydrogen-bond acceptors (Lipinski definition) is 4. The van der Waals surface area contributed by atoms with Crippen LogP contribution < -0.4 is 0 Å². The topological polar surface area (TPSA) is 43.7 Å². The van der Waals surface area contributed by atoms with E-state index in [1.165, 1.54) is 11.8 Å². The van der Waals surface area contributed by atoms with E-state index in [4.69, 9.17) is 0 Å². The molecule has 43 heavy (non-hydrogen) atoms. The average Bonchev–Trinajstić information content (AvgIpc) is 3.22. The van der Waals surface area contributed by atoms with E-state index in [1.54, 1.807) is 6.07 Å². The molecule has 0 heterocycles. The molecule has 0 saturated heterocycles. The lowest BCUT2D eigenvalue weighted by atomic mass is 9.51. The Morgan fingerprint density at radius 2 is 1.67 bits per heavy atom. The molecule has 2 N–H and O–H groups in total. The quantitative estimate of drug-likeness (QED) is 0.149. The predicted molar refractivity (Wildman–Crippen MR) is 161 cm³/mol. The normalized spacial score (nSPS) is 30.7. The van der Waals surface area contributed by atoms with Gasteiger partial charge in [-0.05, 0) is 129 Å². The maximum absolute atomic E-state index is 15.9. The van der Waals surface area contributed by atoms with Gasteiger partial charge in [0.1, 0.15) is 11.9 Å². The summed E-state index contributed by atoms with van der Waals surface area (Å²) in [6.45, 7) is 3.90. The van der Waals surface area contributed by atoms with Crippen molar-refractivity contribution in [3.63, 3.8) is 0 Å². The molecule has 2 fully saturated rings. The number of alkyl halides is 6. The second-order valence-corrected chi connectivity index (χ2v) is 14.9. The van der Waals surface area contributed by atoms with Gasteiger partial charge in [-0.3, -0.25) is 0 Å². The Morgan fingerprint density at radius 1 is 0.977 bits per heavy atom. The molecule has 0 bridgehead atoms. The number of halogens is 6. The van der Waals surface area contributed by atoms with Crippen LogP contribution in [0.5, 0.6) is 5.75 Å². The SMILES string of the molecule is CN(CCCCCC[C@@H]1Cc2cc(O)ccc2[C@@H]2[C@@H]1[C@@H]1CCC(O)[C@@]1(C)C[C@@H]2F)CCCSCCCC(F)(F)C(F)(F)F. The number of fused-ring (bicyclic) bond motifs is 5. The minimum Gasteiger partial charge on any atom is -0.508 e. The molecule has 0 spiro atoms. The van der Waals surface area contributed by atoms with Crippen LogP contribution in [0.3, 0.4) is 0 Å². The van der Waals surface area contributed by atoms with Gasteiger partial charge in [-0.25, -0.2) is 4.39 Å². The van der Waals surface area contributed by atoms with E-state index in [9.17, 15) is 32.2 Å². The molecule has 0 radical (unpaired) electrons. The lowest BCUT2D eigenvalue weighted by molar-refractivity contribution is -0.284. The van der Waals surface area contributed by atoms with Gasteiger partial charge < -0.3 is 15.1 Å². The molecule has 0 aromatic heterocycles. The number of rotatable bonds is 15. The van der Waals surface area contributed by atoms with Gasteiger partial charge in [-0.2, -0.15) is 33.7 Å². The van der Waals surface area contributed by atoms with Crippen LogP contribution >= 0.6 is 11.8 Å². The van der Waals surface area contributed by atoms with Gasteiger partial charge in [-0.1, -0.05) is 32.3 Å². The summed E-state index contributed by atoms with van der Waals surface area (Å²) in [5.74, 6) is -2.61. The van der Waals surface area contributed by atoms with Crippen molar-refractivity contribution in [2.75, 3.05) is 31.6 Å². The maximum Gasteiger partial charge on any atom is 0.453 e. The highest BCUT2D eigenvalue weighted by atomic mass is 32.2. The van der Waals surface area contributed by atoms with Crippen molar-refractivity contribution >= 4 is 11.8 Å². The Balaban J connectivity index is 1.16. The molecule has 3 aliphatic rings. The van der Waals surface area contributed by atoms with Crippen molar-refractivity contribution < 1.29 is 36.6 Å². The first-order valence-electron chi connectivity index (χ1n) is 16.1. The second kappa shape index (κ2) is 14.5. The molecule has 4 rings (SSSR count). The van der Waals surface area contributed by atoms with Crippen LogP contribution in [-0.4, -0.2) is 71.1 Å². The third-order valence-corrected chi connectivity index (χ3v) is 11.8. The maximum atomic E-state index is 15.9. The summed E-state index contributed by atoms with van der Waals surface area (Å²) in [5, 5.41) is 21.0. The zero-order valence-corrected chi connectivity index (χ0v) is 26.3. The lowest BCUT2D eigenvalue weighted by Gasteiger charge is -2.54. The molecule has 3 aliphatic carbocycles. The molecule has 0 amide bonds. The van der Waals surface area contributed by atoms with E-state index in [-0.39, 0.29) is 29.4 Å². The number of unbranched alkanes of at least 4 members (excludes halogenated alkanes) is 3. The van der Waals surface area contributed by atoms with Gasteiger partial charge in [0.15, 0.2) is 0 Å². The van der Waals surface area contributed by atoms with E-state index < -0.39 is 30.8 Å². The smallest absolute Gasteiger partial charge is 0.453 e. The molecule has 1 aromatic carbocycles. The fourth-order valence-corrected chi connectivity index (χ4v) is 9.25. The fourth-order valence-electron chi connectivity index (χ4n) is 8.36. The molecule has 0 aliphatic heterocycles. The zero-order chi connectivity index (χ0) is 31.4. The number of phenolic OH excluding ortho intramolecular Hbond substituents is 1. The van der Waals surface area contributed by atoms with Crippen LogP contribution in [0.25, 0.3) is 0 Å². The number of aliphatic hydroxyl groups excluding tert-OH is 1. The highest BCUT2D eigenvalue weighted by Crippen LogP contribution is 2.63. The van der Waals surface area contributed by atoms with E-state index in [1.807, 2.05) is 19.2 Å². The number of benzene rings is 1. The zero-order valence-electron chi connectivity index (χ0n) is 25.5. The monoisotopic (exact) mass is 637 g/mol. The van der Waals surface area contributed by atoms with Crippen LogP contribution in [0.2, 0.25) is 0 Å². The fraction of sp³-hybridized carbons (Fsp3) is 0.818. The first-order chi connectivity index (χ1) is 20.2. The predicted octanol–water partition coefficient (Wildman–Crippen LogP) is 8.77. The van der Waals surface area contributed by atoms with Gasteiger partial charge in [0.05, 0.1) is 6.10 Å². The van der Waals surface area contributed by atoms with Gasteiger partial charge in [-0.15, -0.1) is 0 Å². The van der Waals surface area contributed by atoms with Gasteiger partial charge in [0.25, 0.3) is 0 Å². The Hall–Kier alpha value is -1.13. The molecule has 246 valence electrons. The second-order valence-electron chi connectivity index (χ2n) is 13.7. The summed E-state index contributed by atoms with van der Waals surface area (Å²) >= 11 is 1.43. The number of aromatic hydroxyl groups is 1. The summed E-state index contributed by atoms with van der Waals surface area (Å²) in [7, 11) is 2.05. The van der Waals surface area contributed by atoms with Crippen molar-refractivity contribution in [2.24, 2.45) is 23.2 Å². The number of hydrogen-bond donors (Lipinski definition) is 2. The molecule has 1 unspecified atom stereocenters. The summed E-state index contributed by atoms with van der Waals surface area (Å²) in [4.78, 5) is 2.24. The minimum atomic E-state index is -5.47. The number of nitrogens with zero attached hydrogens (tertiary/aromatic N) is 1. The Kier molecular flexibility index (Phi) is 11.7.